The maximum absolute atomic E-state index is 15.7. The van der Waals surface area contributed by atoms with Crippen LogP contribution in [0.15, 0.2) is 103 Å². The van der Waals surface area contributed by atoms with Gasteiger partial charge in [0.25, 0.3) is 0 Å². The molecular formula is C76H105N21O19S2. The molecule has 4 heterocycles. The Morgan fingerprint density at radius 3 is 1.84 bits per heavy atom. The molecule has 640 valence electrons. The van der Waals surface area contributed by atoms with Crippen LogP contribution < -0.4 is 86.7 Å². The number of amides is 14. The van der Waals surface area contributed by atoms with Gasteiger partial charge in [-0.3, -0.25) is 76.9 Å². The number of primary amides is 1. The van der Waals surface area contributed by atoms with Gasteiger partial charge in [-0.25, -0.2) is 4.98 Å². The average molecular weight is 1680 g/mol. The number of imidazole rings is 1. The minimum Gasteiger partial charge on any atom is -0.508 e. The molecular weight excluding hydrogens is 1580 g/mol. The van der Waals surface area contributed by atoms with E-state index in [1.165, 1.54) is 41.7 Å². The van der Waals surface area contributed by atoms with Gasteiger partial charge in [0, 0.05) is 86.9 Å². The highest BCUT2D eigenvalue weighted by molar-refractivity contribution is 8.76. The van der Waals surface area contributed by atoms with E-state index < -0.39 is 217 Å². The van der Waals surface area contributed by atoms with E-state index in [1.54, 1.807) is 74.6 Å². The number of carboxylic acid groups (broad SMARTS) is 1. The van der Waals surface area contributed by atoms with Crippen molar-refractivity contribution in [2.75, 3.05) is 44.4 Å². The third kappa shape index (κ3) is 29.1. The molecule has 0 radical (unpaired) electrons. The Morgan fingerprint density at radius 1 is 0.619 bits per heavy atom. The summed E-state index contributed by atoms with van der Waals surface area (Å²) in [5.41, 5.74) is 25.0. The van der Waals surface area contributed by atoms with Crippen LogP contribution in [0.5, 0.6) is 5.75 Å². The topological polar surface area (TPSA) is 645 Å². The first-order valence-electron chi connectivity index (χ1n) is 38.4. The fourth-order valence-corrected chi connectivity index (χ4v) is 15.3. The molecule has 13 atom stereocenters. The first kappa shape index (κ1) is 93.3. The molecule has 2 aromatic heterocycles. The Kier molecular flexibility index (Phi) is 37.0. The van der Waals surface area contributed by atoms with Crippen LogP contribution in [0.25, 0.3) is 10.9 Å². The van der Waals surface area contributed by atoms with Crippen LogP contribution in [0, 0.1) is 5.92 Å². The zero-order valence-corrected chi connectivity index (χ0v) is 67.0. The number of carboxylic acids is 1. The molecule has 0 aliphatic carbocycles. The first-order chi connectivity index (χ1) is 56.4. The smallest absolute Gasteiger partial charge is 0.303 e. The minimum atomic E-state index is -2.02. The number of hydrogen-bond acceptors (Lipinski definition) is 23. The van der Waals surface area contributed by atoms with E-state index in [2.05, 4.69) is 83.7 Å². The van der Waals surface area contributed by atoms with Gasteiger partial charge in [0.05, 0.1) is 25.2 Å². The largest absolute Gasteiger partial charge is 0.508 e. The van der Waals surface area contributed by atoms with E-state index in [0.29, 0.717) is 40.4 Å². The van der Waals surface area contributed by atoms with Crippen molar-refractivity contribution in [3.63, 3.8) is 0 Å². The van der Waals surface area contributed by atoms with E-state index in [0.717, 1.165) is 28.5 Å². The Balaban J connectivity index is 1.35. The number of aromatic nitrogens is 3. The number of aromatic hydroxyl groups is 1. The number of hydrogen-bond donors (Lipinski definition) is 22. The van der Waals surface area contributed by atoms with Crippen molar-refractivity contribution >= 4 is 127 Å². The highest BCUT2D eigenvalue weighted by atomic mass is 33.1. The lowest BCUT2D eigenvalue weighted by atomic mass is 10.0. The predicted octanol–water partition coefficient (Wildman–Crippen LogP) is -4.74. The van der Waals surface area contributed by atoms with Crippen LogP contribution in [-0.4, -0.2) is 258 Å². The summed E-state index contributed by atoms with van der Waals surface area (Å²) in [5, 5.41) is 72.5. The lowest BCUT2D eigenvalue weighted by Gasteiger charge is -2.31. The van der Waals surface area contributed by atoms with Gasteiger partial charge in [0.2, 0.25) is 82.7 Å². The molecule has 2 aliphatic rings. The summed E-state index contributed by atoms with van der Waals surface area (Å²) in [5.74, 6) is -17.5. The highest BCUT2D eigenvalue weighted by Crippen LogP contribution is 2.27. The van der Waals surface area contributed by atoms with Gasteiger partial charge < -0.3 is 122 Å². The maximum atomic E-state index is 15.7. The number of nitrogens with zero attached hydrogens (tertiary/aromatic N) is 3. The van der Waals surface area contributed by atoms with Crippen molar-refractivity contribution in [1.29, 1.82) is 0 Å². The molecule has 2 fully saturated rings. The van der Waals surface area contributed by atoms with Crippen molar-refractivity contribution in [3.8, 4) is 5.75 Å². The number of carbonyl (C=O) groups excluding carboxylic acids is 14. The monoisotopic (exact) mass is 1680 g/mol. The van der Waals surface area contributed by atoms with Gasteiger partial charge in [0.15, 0.2) is 5.96 Å². The number of likely N-dealkylation sites (tertiary alicyclic amines) is 1. The number of para-hydroxylation sites is 1. The molecule has 0 bridgehead atoms. The van der Waals surface area contributed by atoms with Crippen LogP contribution in [0.1, 0.15) is 101 Å². The number of phenols is 1. The predicted molar refractivity (Wildman–Crippen MR) is 433 cm³/mol. The number of nitrogens with one attached hydrogen (secondary N) is 14. The number of H-pyrrole nitrogens is 2. The number of aliphatic hydroxyl groups is 2. The fraction of sp³-hybridized carbons (Fsp3) is 0.487. The van der Waals surface area contributed by atoms with Gasteiger partial charge in [-0.05, 0) is 98.7 Å². The second-order valence-corrected chi connectivity index (χ2v) is 31.2. The zero-order chi connectivity index (χ0) is 86.1. The van der Waals surface area contributed by atoms with Crippen LogP contribution in [0.4, 0.5) is 0 Å². The molecule has 0 unspecified atom stereocenters. The standard InChI is InChI=1S/C76H105N21O19S2/c1-40(2)62(63(78)104)96-74(115)60-19-12-28-97(60)75(116)51(17-9-10-26-77)88-73(114)59-38-118-117-37-58(95-71(112)57(36-99)93-67(108)53(30-43-20-22-46(101)23-21-43)90-70(111)56(35-98)85-41(3)100)72(113)87-50(24-25-61(102)103)65(106)92-55(32-45-34-81-39-84-45)69(110)89-52(29-42-13-5-4-6-14-42)66(107)86-49(18-11-27-82-76(79)80)64(105)91-54(68(109)94-59)31-44-33-83-48-16-8-7-15-47(44)48/h4-8,13-16,20-23,33-34,39-40,49-60,62,83,98-99,101H,9-12,17-19,24-32,35-38,77H2,1-3H3,(H2,78,104)(H,81,84)(H,85,100)(H,86,107)(H,87,113)(H,88,114)(H,89,110)(H,90,111)(H,91,105)(H,92,106)(H,93,108)(H,94,109)(H,95,112)(H,96,115)(H,102,103)(H4,79,80,82)/t49-,50+,51+,52+,53-,54+,55-,56-,57-,58+,59+,60+,62+/m0/s1. The third-order valence-electron chi connectivity index (χ3n) is 19.3. The number of fused-ring (bicyclic) bond motifs is 1. The summed E-state index contributed by atoms with van der Waals surface area (Å²) < 4.78 is 0. The zero-order valence-electron chi connectivity index (χ0n) is 65.3. The molecule has 3 aromatic carbocycles. The molecule has 2 saturated heterocycles. The maximum Gasteiger partial charge on any atom is 0.303 e. The average Bonchev–Trinajstić information content (AvgIpc) is 1.64. The minimum absolute atomic E-state index is 0.0170. The second-order valence-electron chi connectivity index (χ2n) is 28.7. The van der Waals surface area contributed by atoms with Crippen molar-refractivity contribution in [3.05, 3.63) is 120 Å². The van der Waals surface area contributed by atoms with E-state index in [9.17, 15) is 58.8 Å². The summed E-state index contributed by atoms with van der Waals surface area (Å²) in [6.07, 6.45) is 2.13. The second kappa shape index (κ2) is 46.7. The van der Waals surface area contributed by atoms with Gasteiger partial charge in [-0.15, -0.1) is 0 Å². The van der Waals surface area contributed by atoms with Crippen LogP contribution in [0.2, 0.25) is 0 Å². The molecule has 0 spiro atoms. The number of aliphatic carboxylic acids is 1. The molecule has 118 heavy (non-hydrogen) atoms. The summed E-state index contributed by atoms with van der Waals surface area (Å²) in [6, 6.07) is -0.502. The van der Waals surface area contributed by atoms with Crippen LogP contribution >= 0.6 is 21.6 Å². The van der Waals surface area contributed by atoms with Gasteiger partial charge in [-0.2, -0.15) is 0 Å². The van der Waals surface area contributed by atoms with Crippen molar-refractivity contribution < 1.29 is 92.3 Å². The molecule has 2 aliphatic heterocycles. The number of aliphatic hydroxyl groups excluding tert-OH is 2. The van der Waals surface area contributed by atoms with E-state index in [4.69, 9.17) is 22.9 Å². The molecule has 0 saturated carbocycles. The number of carbonyl (C=O) groups is 15. The quantitative estimate of drug-likeness (QED) is 0.00784. The third-order valence-corrected chi connectivity index (χ3v) is 21.7. The van der Waals surface area contributed by atoms with Crippen molar-refractivity contribution in [1.82, 2.24) is 83.7 Å². The number of rotatable bonds is 35. The van der Waals surface area contributed by atoms with E-state index in [-0.39, 0.29) is 88.4 Å². The number of benzene rings is 3. The lowest BCUT2D eigenvalue weighted by Crippen LogP contribution is -2.62. The number of nitrogens with two attached hydrogens (primary N) is 4. The lowest BCUT2D eigenvalue weighted by molar-refractivity contribution is -0.142. The number of guanidine groups is 1. The fourth-order valence-electron chi connectivity index (χ4n) is 13.0. The molecule has 7 rings (SSSR count). The Bertz CT molecular complexity index is 4330. The highest BCUT2D eigenvalue weighted by Gasteiger charge is 2.42. The number of aromatic amines is 2. The summed E-state index contributed by atoms with van der Waals surface area (Å²) in [7, 11) is 1.51. The van der Waals surface area contributed by atoms with Gasteiger partial charge in [-0.1, -0.05) is 96.1 Å². The number of phenolic OH excluding ortho intramolecular Hbond substituents is 1. The van der Waals surface area contributed by atoms with Crippen LogP contribution in [-0.2, 0) is 97.6 Å². The summed E-state index contributed by atoms with van der Waals surface area (Å²) in [4.78, 5) is 231. The Morgan fingerprint density at radius 2 is 1.21 bits per heavy atom. The van der Waals surface area contributed by atoms with Gasteiger partial charge >= 0.3 is 5.97 Å². The summed E-state index contributed by atoms with van der Waals surface area (Å²) in [6.45, 7) is 2.36. The van der Waals surface area contributed by atoms with Gasteiger partial charge in [0.1, 0.15) is 84.3 Å². The van der Waals surface area contributed by atoms with E-state index >= 15 is 33.6 Å². The van der Waals surface area contributed by atoms with Crippen molar-refractivity contribution in [2.24, 2.45) is 33.8 Å². The SMILES string of the molecule is CC(=O)N[C@@H](CO)C(=O)N[C@@H](Cc1ccc(O)cc1)C(=O)N[C@@H](CO)C(=O)N[C@@H]1CSSC[C@H](C(=O)N[C@H](CCCCN)C(=O)N2CCC[C@@H]2C(=O)N[C@@H](C(N)=O)C(C)C)NC(=O)[C@@H](Cc2c[nH]c3ccccc23)NC(=O)[C@H](CCCN=C(N)N)NC(=O)[C@@H](Cc2ccccc2)NC(=O)[C@H](Cc2c[nH]cn2)NC(=O)[C@@H](CCC(=O)O)NC1=O. The first-order valence-corrected chi connectivity index (χ1v) is 40.8. The Labute approximate surface area is 686 Å². The molecule has 14 amide bonds. The Hall–Kier alpha value is -11.9. The number of aliphatic imine (C=N–C) groups is 1. The van der Waals surface area contributed by atoms with E-state index in [1.807, 2.05) is 0 Å². The van der Waals surface area contributed by atoms with Crippen LogP contribution in [0.3, 0.4) is 0 Å². The van der Waals surface area contributed by atoms with Crippen molar-refractivity contribution in [2.45, 2.75) is 183 Å². The number of unbranched alkanes of at least 4 members (excludes halogenated alkanes) is 1. The summed E-state index contributed by atoms with van der Waals surface area (Å²) >= 11 is 0. The normalized spacial score (nSPS) is 20.6. The molecule has 40 nitrogen and oxygen atoms in total. The molecule has 5 aromatic rings. The molecule has 26 N–H and O–H groups in total. The molecule has 42 heteroatoms.